The summed E-state index contributed by atoms with van der Waals surface area (Å²) in [6, 6.07) is 23.3. The summed E-state index contributed by atoms with van der Waals surface area (Å²) in [5, 5.41) is 14.8. The zero-order valence-electron chi connectivity index (χ0n) is 20.7. The molecule has 0 fully saturated rings. The first-order chi connectivity index (χ1) is 17.1. The van der Waals surface area contributed by atoms with E-state index in [1.807, 2.05) is 31.2 Å². The molecule has 178 valence electrons. The zero-order chi connectivity index (χ0) is 24.4. The number of allylic oxidation sites excluding steroid dienone is 3. The summed E-state index contributed by atoms with van der Waals surface area (Å²) in [6.07, 6.45) is 7.01. The molecular formula is C31H32N2O2. The summed E-state index contributed by atoms with van der Waals surface area (Å²) in [6.45, 7) is 3.50. The average molecular weight is 465 g/mol. The second-order valence-corrected chi connectivity index (χ2v) is 9.30. The van der Waals surface area contributed by atoms with Gasteiger partial charge in [0, 0.05) is 34.9 Å². The van der Waals surface area contributed by atoms with Crippen molar-refractivity contribution in [1.29, 1.82) is 0 Å². The predicted molar refractivity (Wildman–Crippen MR) is 147 cm³/mol. The van der Waals surface area contributed by atoms with Crippen LogP contribution in [0, 0.1) is 0 Å². The number of hydrogen-bond acceptors (Lipinski definition) is 3. The second kappa shape index (κ2) is 9.95. The lowest BCUT2D eigenvalue weighted by molar-refractivity contribution is 0.328. The van der Waals surface area contributed by atoms with Crippen LogP contribution in [0.4, 0.5) is 0 Å². The first kappa shape index (κ1) is 23.2. The van der Waals surface area contributed by atoms with Crippen LogP contribution >= 0.6 is 0 Å². The van der Waals surface area contributed by atoms with Crippen molar-refractivity contribution in [2.24, 2.45) is 0 Å². The van der Waals surface area contributed by atoms with Gasteiger partial charge in [0.15, 0.2) is 5.76 Å². The molecule has 2 heterocycles. The van der Waals surface area contributed by atoms with Crippen molar-refractivity contribution in [3.05, 3.63) is 96.1 Å². The Morgan fingerprint density at radius 3 is 2.51 bits per heavy atom. The van der Waals surface area contributed by atoms with Crippen LogP contribution in [0.25, 0.3) is 44.1 Å². The van der Waals surface area contributed by atoms with E-state index in [2.05, 4.69) is 84.2 Å². The smallest absolute Gasteiger partial charge is 0.152 e. The Morgan fingerprint density at radius 1 is 1.00 bits per heavy atom. The molecule has 35 heavy (non-hydrogen) atoms. The van der Waals surface area contributed by atoms with Gasteiger partial charge in [0.25, 0.3) is 0 Å². The Bertz CT molecular complexity index is 1520. The maximum absolute atomic E-state index is 9.95. The molecule has 4 heteroatoms. The number of aliphatic hydroxyl groups is 1. The SMILES string of the molecule is C/C=C\C/C(=C\Cn1c(-c2cc3ccccc3o2)c(CN(C)C)c2c3ccccc3ccc21)CO. The van der Waals surface area contributed by atoms with Crippen LogP contribution in [0.3, 0.4) is 0 Å². The highest BCUT2D eigenvalue weighted by atomic mass is 16.3. The average Bonchev–Trinajstić information content (AvgIpc) is 3.42. The van der Waals surface area contributed by atoms with Gasteiger partial charge in [-0.1, -0.05) is 66.8 Å². The molecule has 5 aromatic rings. The molecule has 0 aliphatic carbocycles. The molecule has 5 rings (SSSR count). The Kier molecular flexibility index (Phi) is 6.58. The van der Waals surface area contributed by atoms with E-state index in [4.69, 9.17) is 4.42 Å². The fraction of sp³-hybridized carbons (Fsp3) is 0.226. The third kappa shape index (κ3) is 4.43. The fourth-order valence-corrected chi connectivity index (χ4v) is 4.95. The highest BCUT2D eigenvalue weighted by Gasteiger charge is 2.23. The Morgan fingerprint density at radius 2 is 1.77 bits per heavy atom. The van der Waals surface area contributed by atoms with Gasteiger partial charge in [-0.3, -0.25) is 0 Å². The Balaban J connectivity index is 1.82. The molecule has 4 nitrogen and oxygen atoms in total. The van der Waals surface area contributed by atoms with Gasteiger partial charge >= 0.3 is 0 Å². The molecule has 0 unspecified atom stereocenters. The minimum absolute atomic E-state index is 0.0526. The van der Waals surface area contributed by atoms with E-state index in [1.54, 1.807) is 0 Å². The summed E-state index contributed by atoms with van der Waals surface area (Å²) in [4.78, 5) is 2.22. The number of aliphatic hydroxyl groups excluding tert-OH is 1. The van der Waals surface area contributed by atoms with Crippen LogP contribution in [0.1, 0.15) is 18.9 Å². The van der Waals surface area contributed by atoms with Crippen LogP contribution in [0.2, 0.25) is 0 Å². The molecule has 0 amide bonds. The third-order valence-electron chi connectivity index (χ3n) is 6.57. The molecule has 0 atom stereocenters. The lowest BCUT2D eigenvalue weighted by Gasteiger charge is -2.13. The van der Waals surface area contributed by atoms with Crippen molar-refractivity contribution in [3.8, 4) is 11.5 Å². The van der Waals surface area contributed by atoms with Crippen molar-refractivity contribution in [2.45, 2.75) is 26.4 Å². The molecule has 3 aromatic carbocycles. The molecule has 2 aromatic heterocycles. The maximum Gasteiger partial charge on any atom is 0.152 e. The lowest BCUT2D eigenvalue weighted by Crippen LogP contribution is -2.11. The van der Waals surface area contributed by atoms with Gasteiger partial charge < -0.3 is 19.0 Å². The number of fused-ring (bicyclic) bond motifs is 4. The molecule has 0 aliphatic heterocycles. The van der Waals surface area contributed by atoms with Crippen LogP contribution in [0.5, 0.6) is 0 Å². The largest absolute Gasteiger partial charge is 0.455 e. The van der Waals surface area contributed by atoms with Crippen molar-refractivity contribution in [2.75, 3.05) is 20.7 Å². The van der Waals surface area contributed by atoms with Crippen LogP contribution in [0.15, 0.2) is 94.9 Å². The van der Waals surface area contributed by atoms with Gasteiger partial charge in [-0.2, -0.15) is 0 Å². The first-order valence-electron chi connectivity index (χ1n) is 12.2. The molecule has 1 N–H and O–H groups in total. The minimum Gasteiger partial charge on any atom is -0.455 e. The van der Waals surface area contributed by atoms with Crippen LogP contribution in [-0.2, 0) is 13.1 Å². The first-order valence-corrected chi connectivity index (χ1v) is 12.2. The highest BCUT2D eigenvalue weighted by molar-refractivity contribution is 6.11. The summed E-state index contributed by atoms with van der Waals surface area (Å²) >= 11 is 0. The summed E-state index contributed by atoms with van der Waals surface area (Å²) < 4.78 is 8.79. The monoisotopic (exact) mass is 464 g/mol. The lowest BCUT2D eigenvalue weighted by atomic mass is 10.0. The number of nitrogens with zero attached hydrogens (tertiary/aromatic N) is 2. The van der Waals surface area contributed by atoms with Crippen LogP contribution in [-0.4, -0.2) is 35.3 Å². The van der Waals surface area contributed by atoms with E-state index in [-0.39, 0.29) is 6.61 Å². The molecule has 0 saturated heterocycles. The molecular weight excluding hydrogens is 432 g/mol. The standard InChI is InChI=1S/C31H32N2O2/c1-4-5-10-22(21-34)17-18-33-27-16-15-23-11-6-8-13-25(23)30(27)26(20-32(2)3)31(33)29-19-24-12-7-9-14-28(24)35-29/h4-9,11-17,19,34H,10,18,20-21H2,1-3H3/b5-4-,22-17+. The third-order valence-corrected chi connectivity index (χ3v) is 6.57. The highest BCUT2D eigenvalue weighted by Crippen LogP contribution is 2.40. The zero-order valence-corrected chi connectivity index (χ0v) is 20.7. The quantitative estimate of drug-likeness (QED) is 0.248. The van der Waals surface area contributed by atoms with Gasteiger partial charge in [0.2, 0.25) is 0 Å². The summed E-state index contributed by atoms with van der Waals surface area (Å²) in [5.41, 5.74) is 5.43. The Hall–Kier alpha value is -3.60. The summed E-state index contributed by atoms with van der Waals surface area (Å²) in [7, 11) is 4.22. The van der Waals surface area contributed by atoms with Gasteiger partial charge in [0.1, 0.15) is 5.58 Å². The van der Waals surface area contributed by atoms with E-state index < -0.39 is 0 Å². The van der Waals surface area contributed by atoms with Crippen molar-refractivity contribution in [3.63, 3.8) is 0 Å². The topological polar surface area (TPSA) is 41.5 Å². The number of aromatic nitrogens is 1. The normalized spacial score (nSPS) is 12.8. The van der Waals surface area contributed by atoms with E-state index in [9.17, 15) is 5.11 Å². The van der Waals surface area contributed by atoms with Crippen molar-refractivity contribution < 1.29 is 9.52 Å². The number of para-hydroxylation sites is 1. The molecule has 0 saturated carbocycles. The number of hydrogen-bond donors (Lipinski definition) is 1. The van der Waals surface area contributed by atoms with Crippen molar-refractivity contribution in [1.82, 2.24) is 9.47 Å². The van der Waals surface area contributed by atoms with Crippen LogP contribution < -0.4 is 0 Å². The van der Waals surface area contributed by atoms with Gasteiger partial charge in [0.05, 0.1) is 12.3 Å². The molecule has 0 spiro atoms. The molecule has 0 aliphatic rings. The van der Waals surface area contributed by atoms with Gasteiger partial charge in [-0.05, 0) is 62.0 Å². The number of benzene rings is 3. The summed E-state index contributed by atoms with van der Waals surface area (Å²) in [5.74, 6) is 0.871. The maximum atomic E-state index is 9.95. The second-order valence-electron chi connectivity index (χ2n) is 9.30. The molecule has 0 radical (unpaired) electrons. The number of furan rings is 1. The minimum atomic E-state index is 0.0526. The molecule has 0 bridgehead atoms. The van der Waals surface area contributed by atoms with E-state index >= 15 is 0 Å². The van der Waals surface area contributed by atoms with Gasteiger partial charge in [-0.25, -0.2) is 0 Å². The Labute approximate surface area is 206 Å². The fourth-order valence-electron chi connectivity index (χ4n) is 4.95. The van der Waals surface area contributed by atoms with E-state index in [1.165, 1.54) is 27.2 Å². The predicted octanol–water partition coefficient (Wildman–Crippen LogP) is 7.15. The van der Waals surface area contributed by atoms with Gasteiger partial charge in [-0.15, -0.1) is 0 Å². The number of rotatable bonds is 8. The van der Waals surface area contributed by atoms with E-state index in [0.717, 1.165) is 41.0 Å². The van der Waals surface area contributed by atoms with Crippen molar-refractivity contribution >= 4 is 32.6 Å². The van der Waals surface area contributed by atoms with E-state index in [0.29, 0.717) is 6.54 Å².